The van der Waals surface area contributed by atoms with Crippen molar-refractivity contribution in [1.29, 1.82) is 0 Å². The summed E-state index contributed by atoms with van der Waals surface area (Å²) in [5.41, 5.74) is 2.61. The number of hydrogen-bond donors (Lipinski definition) is 3. The van der Waals surface area contributed by atoms with Gasteiger partial charge < -0.3 is 10.4 Å². The number of aliphatic hydroxyl groups excluding tert-OH is 1. The Balaban J connectivity index is 1.63. The van der Waals surface area contributed by atoms with Crippen molar-refractivity contribution >= 4 is 5.91 Å². The van der Waals surface area contributed by atoms with Gasteiger partial charge in [0.15, 0.2) is 0 Å². The highest BCUT2D eigenvalue weighted by atomic mass is 16.3. The number of amides is 1. The summed E-state index contributed by atoms with van der Waals surface area (Å²) in [4.78, 5) is 14.8. The van der Waals surface area contributed by atoms with Crippen molar-refractivity contribution in [3.05, 3.63) is 53.3 Å². The van der Waals surface area contributed by atoms with Gasteiger partial charge in [0.25, 0.3) is 5.91 Å². The molecule has 134 valence electrons. The van der Waals surface area contributed by atoms with Gasteiger partial charge in [0.1, 0.15) is 5.69 Å². The summed E-state index contributed by atoms with van der Waals surface area (Å²) in [6, 6.07) is 12.0. The molecule has 3 N–H and O–H groups in total. The Kier molecular flexibility index (Phi) is 5.83. The molecule has 0 unspecified atom stereocenters. The van der Waals surface area contributed by atoms with E-state index in [1.165, 1.54) is 5.56 Å². The predicted octanol–water partition coefficient (Wildman–Crippen LogP) is 1.58. The number of carbonyl (C=O) groups is 1. The molecule has 2 heterocycles. The Labute approximate surface area is 148 Å². The smallest absolute Gasteiger partial charge is 0.272 e. The SMILES string of the molecule is CCc1cc(C(=O)N[C@@H]2CN(Cc3ccccc3)CC[C@@H]2CO)n[nH]1. The van der Waals surface area contributed by atoms with Gasteiger partial charge in [-0.1, -0.05) is 37.3 Å². The van der Waals surface area contributed by atoms with Gasteiger partial charge in [-0.2, -0.15) is 5.10 Å². The van der Waals surface area contributed by atoms with Crippen LogP contribution < -0.4 is 5.32 Å². The van der Waals surface area contributed by atoms with Crippen molar-refractivity contribution in [1.82, 2.24) is 20.4 Å². The van der Waals surface area contributed by atoms with Crippen molar-refractivity contribution in [2.24, 2.45) is 5.92 Å². The Morgan fingerprint density at radius 3 is 2.88 bits per heavy atom. The van der Waals surface area contributed by atoms with E-state index in [-0.39, 0.29) is 24.5 Å². The fourth-order valence-corrected chi connectivity index (χ4v) is 3.34. The quantitative estimate of drug-likeness (QED) is 0.745. The van der Waals surface area contributed by atoms with E-state index < -0.39 is 0 Å². The topological polar surface area (TPSA) is 81.2 Å². The Bertz CT molecular complexity index is 686. The van der Waals surface area contributed by atoms with Crippen LogP contribution in [-0.2, 0) is 13.0 Å². The van der Waals surface area contributed by atoms with E-state index >= 15 is 0 Å². The summed E-state index contributed by atoms with van der Waals surface area (Å²) in [7, 11) is 0. The molecule has 2 atom stereocenters. The molecule has 0 aliphatic carbocycles. The fourth-order valence-electron chi connectivity index (χ4n) is 3.34. The molecule has 2 aromatic rings. The molecule has 0 radical (unpaired) electrons. The average Bonchev–Trinajstić information content (AvgIpc) is 3.12. The molecule has 1 fully saturated rings. The number of carbonyl (C=O) groups excluding carboxylic acids is 1. The van der Waals surface area contributed by atoms with Crippen LogP contribution in [0.25, 0.3) is 0 Å². The molecule has 1 amide bonds. The van der Waals surface area contributed by atoms with E-state index in [0.717, 1.165) is 38.2 Å². The summed E-state index contributed by atoms with van der Waals surface area (Å²) in [5, 5.41) is 19.7. The molecule has 1 aliphatic rings. The number of likely N-dealkylation sites (tertiary alicyclic amines) is 1. The van der Waals surface area contributed by atoms with E-state index in [4.69, 9.17) is 0 Å². The van der Waals surface area contributed by atoms with Crippen molar-refractivity contribution in [2.75, 3.05) is 19.7 Å². The maximum absolute atomic E-state index is 12.5. The zero-order valence-electron chi connectivity index (χ0n) is 14.6. The van der Waals surface area contributed by atoms with Gasteiger partial charge in [0, 0.05) is 37.4 Å². The molecule has 6 heteroatoms. The third-order valence-corrected chi connectivity index (χ3v) is 4.88. The van der Waals surface area contributed by atoms with E-state index in [0.29, 0.717) is 5.69 Å². The van der Waals surface area contributed by atoms with E-state index in [9.17, 15) is 9.90 Å². The maximum Gasteiger partial charge on any atom is 0.272 e. The fraction of sp³-hybridized carbons (Fsp3) is 0.474. The van der Waals surface area contributed by atoms with Crippen LogP contribution in [0.4, 0.5) is 0 Å². The largest absolute Gasteiger partial charge is 0.396 e. The molecular formula is C19H26N4O2. The first-order chi connectivity index (χ1) is 12.2. The maximum atomic E-state index is 12.5. The normalized spacial score (nSPS) is 21.2. The molecule has 3 rings (SSSR count). The van der Waals surface area contributed by atoms with Gasteiger partial charge in [-0.05, 0) is 31.0 Å². The van der Waals surface area contributed by atoms with Crippen molar-refractivity contribution in [2.45, 2.75) is 32.4 Å². The molecule has 0 saturated carbocycles. The molecule has 6 nitrogen and oxygen atoms in total. The Morgan fingerprint density at radius 1 is 1.40 bits per heavy atom. The lowest BCUT2D eigenvalue weighted by molar-refractivity contribution is 0.0727. The molecule has 1 aliphatic heterocycles. The van der Waals surface area contributed by atoms with Gasteiger partial charge in [-0.3, -0.25) is 14.8 Å². The number of piperidine rings is 1. The highest BCUT2D eigenvalue weighted by Crippen LogP contribution is 2.20. The van der Waals surface area contributed by atoms with Crippen molar-refractivity contribution in [3.8, 4) is 0 Å². The highest BCUT2D eigenvalue weighted by Gasteiger charge is 2.30. The van der Waals surface area contributed by atoms with Gasteiger partial charge in [0.05, 0.1) is 0 Å². The molecule has 1 saturated heterocycles. The van der Waals surface area contributed by atoms with E-state index in [1.54, 1.807) is 6.07 Å². The lowest BCUT2D eigenvalue weighted by Crippen LogP contribution is -2.53. The number of aryl methyl sites for hydroxylation is 1. The highest BCUT2D eigenvalue weighted by molar-refractivity contribution is 5.92. The van der Waals surface area contributed by atoms with E-state index in [2.05, 4.69) is 32.5 Å². The first-order valence-electron chi connectivity index (χ1n) is 8.92. The lowest BCUT2D eigenvalue weighted by Gasteiger charge is -2.38. The number of nitrogens with one attached hydrogen (secondary N) is 2. The third kappa shape index (κ3) is 4.46. The Morgan fingerprint density at radius 2 is 2.20 bits per heavy atom. The average molecular weight is 342 g/mol. The van der Waals surface area contributed by atoms with Crippen LogP contribution in [0.1, 0.15) is 35.1 Å². The summed E-state index contributed by atoms with van der Waals surface area (Å²) >= 11 is 0. The first-order valence-corrected chi connectivity index (χ1v) is 8.92. The molecular weight excluding hydrogens is 316 g/mol. The van der Waals surface area contributed by atoms with Gasteiger partial charge >= 0.3 is 0 Å². The standard InChI is InChI=1S/C19H26N4O2/c1-2-16-10-17(22-21-16)19(25)20-18-12-23(9-8-15(18)13-24)11-14-6-4-3-5-7-14/h3-7,10,15,18,24H,2,8-9,11-13H2,1H3,(H,20,25)(H,21,22)/t15-,18-/m1/s1. The molecule has 1 aromatic heterocycles. The summed E-state index contributed by atoms with van der Waals surface area (Å²) in [5.74, 6) is -0.0958. The number of nitrogens with zero attached hydrogens (tertiary/aromatic N) is 2. The number of aromatic nitrogens is 2. The zero-order chi connectivity index (χ0) is 17.6. The molecule has 0 spiro atoms. The van der Waals surface area contributed by atoms with Crippen LogP contribution in [0.3, 0.4) is 0 Å². The minimum absolute atomic E-state index is 0.0725. The lowest BCUT2D eigenvalue weighted by atomic mass is 9.91. The van der Waals surface area contributed by atoms with Gasteiger partial charge in [-0.25, -0.2) is 0 Å². The second-order valence-corrected chi connectivity index (χ2v) is 6.66. The second kappa shape index (κ2) is 8.27. The van der Waals surface area contributed by atoms with Crippen molar-refractivity contribution in [3.63, 3.8) is 0 Å². The Hall–Kier alpha value is -2.18. The third-order valence-electron chi connectivity index (χ3n) is 4.88. The molecule has 0 bridgehead atoms. The minimum atomic E-state index is -0.180. The number of aromatic amines is 1. The van der Waals surface area contributed by atoms with Crippen molar-refractivity contribution < 1.29 is 9.90 Å². The monoisotopic (exact) mass is 342 g/mol. The van der Waals surface area contributed by atoms with Crippen LogP contribution in [-0.4, -0.2) is 51.8 Å². The number of hydrogen-bond acceptors (Lipinski definition) is 4. The minimum Gasteiger partial charge on any atom is -0.396 e. The number of aliphatic hydroxyl groups is 1. The van der Waals surface area contributed by atoms with Crippen LogP contribution in [0.5, 0.6) is 0 Å². The van der Waals surface area contributed by atoms with Gasteiger partial charge in [0.2, 0.25) is 0 Å². The predicted molar refractivity (Wildman–Crippen MR) is 96.1 cm³/mol. The van der Waals surface area contributed by atoms with Crippen LogP contribution >= 0.6 is 0 Å². The van der Waals surface area contributed by atoms with Gasteiger partial charge in [-0.15, -0.1) is 0 Å². The molecule has 25 heavy (non-hydrogen) atoms. The summed E-state index contributed by atoms with van der Waals surface area (Å²) in [6.07, 6.45) is 1.68. The second-order valence-electron chi connectivity index (χ2n) is 6.66. The zero-order valence-corrected chi connectivity index (χ0v) is 14.6. The summed E-state index contributed by atoms with van der Waals surface area (Å²) < 4.78 is 0. The van der Waals surface area contributed by atoms with Crippen LogP contribution in [0.2, 0.25) is 0 Å². The van der Waals surface area contributed by atoms with Crippen LogP contribution in [0.15, 0.2) is 36.4 Å². The van der Waals surface area contributed by atoms with E-state index in [1.807, 2.05) is 25.1 Å². The summed E-state index contributed by atoms with van der Waals surface area (Å²) in [6.45, 7) is 4.62. The van der Waals surface area contributed by atoms with Crippen LogP contribution in [0, 0.1) is 5.92 Å². The number of H-pyrrole nitrogens is 1. The molecule has 1 aromatic carbocycles. The first kappa shape index (κ1) is 17.6. The number of benzene rings is 1. The number of rotatable bonds is 6.